The molecule has 0 aliphatic rings. The predicted molar refractivity (Wildman–Crippen MR) is 52.2 cm³/mol. The molecule has 0 spiro atoms. The van der Waals surface area contributed by atoms with E-state index in [2.05, 4.69) is 15.9 Å². The Morgan fingerprint density at radius 2 is 2.15 bits per heavy atom. The molecule has 0 heterocycles. The molecule has 0 radical (unpaired) electrons. The van der Waals surface area contributed by atoms with Crippen LogP contribution in [-0.2, 0) is 6.54 Å². The number of nitrogens with zero attached hydrogens (tertiary/aromatic N) is 1. The van der Waals surface area contributed by atoms with Crippen molar-refractivity contribution in [3.63, 3.8) is 0 Å². The van der Waals surface area contributed by atoms with Gasteiger partial charge in [-0.2, -0.15) is 0 Å². The molecule has 1 rings (SSSR count). The van der Waals surface area contributed by atoms with Crippen LogP contribution in [0, 0.1) is 5.82 Å². The Balaban J connectivity index is 2.74. The Bertz CT molecular complexity index is 316. The van der Waals surface area contributed by atoms with E-state index in [1.165, 1.54) is 11.0 Å². The van der Waals surface area contributed by atoms with Gasteiger partial charge in [-0.3, -0.25) is 4.79 Å². The van der Waals surface area contributed by atoms with Crippen LogP contribution in [0.25, 0.3) is 0 Å². The van der Waals surface area contributed by atoms with Crippen LogP contribution < -0.4 is 0 Å². The summed E-state index contributed by atoms with van der Waals surface area (Å²) in [6.07, 6.45) is 0. The molecular formula is C9H9BrFNO. The lowest BCUT2D eigenvalue weighted by molar-refractivity contribution is 0.232. The summed E-state index contributed by atoms with van der Waals surface area (Å²) in [5.74, 6) is -0.289. The van der Waals surface area contributed by atoms with E-state index in [1.807, 2.05) is 0 Å². The molecule has 0 aromatic heterocycles. The average Bonchev–Trinajstić information content (AvgIpc) is 2.08. The third kappa shape index (κ3) is 2.81. The summed E-state index contributed by atoms with van der Waals surface area (Å²) >= 11 is 2.79. The van der Waals surface area contributed by atoms with Crippen LogP contribution in [-0.4, -0.2) is 16.8 Å². The van der Waals surface area contributed by atoms with E-state index in [-0.39, 0.29) is 17.2 Å². The Morgan fingerprint density at radius 3 is 2.69 bits per heavy atom. The highest BCUT2D eigenvalue weighted by Gasteiger charge is 2.07. The molecule has 13 heavy (non-hydrogen) atoms. The van der Waals surface area contributed by atoms with E-state index in [0.29, 0.717) is 5.56 Å². The number of hydrogen-bond acceptors (Lipinski definition) is 1. The quantitative estimate of drug-likeness (QED) is 0.580. The highest BCUT2D eigenvalue weighted by molar-refractivity contribution is 9.18. The molecule has 0 aliphatic carbocycles. The van der Waals surface area contributed by atoms with E-state index < -0.39 is 0 Å². The summed E-state index contributed by atoms with van der Waals surface area (Å²) in [5.41, 5.74) is 0.512. The van der Waals surface area contributed by atoms with Gasteiger partial charge < -0.3 is 4.90 Å². The van der Waals surface area contributed by atoms with Crippen LogP contribution in [0.2, 0.25) is 0 Å². The predicted octanol–water partition coefficient (Wildman–Crippen LogP) is 2.77. The molecule has 1 aromatic rings. The molecule has 0 aliphatic heterocycles. The number of carbonyl (C=O) groups is 1. The smallest absolute Gasteiger partial charge is 0.289 e. The van der Waals surface area contributed by atoms with Crippen molar-refractivity contribution in [3.8, 4) is 0 Å². The van der Waals surface area contributed by atoms with Crippen LogP contribution in [0.3, 0.4) is 0 Å². The molecule has 4 heteroatoms. The van der Waals surface area contributed by atoms with E-state index in [1.54, 1.807) is 25.2 Å². The molecule has 70 valence electrons. The molecule has 0 N–H and O–H groups in total. The van der Waals surface area contributed by atoms with E-state index in [0.717, 1.165) is 0 Å². The van der Waals surface area contributed by atoms with Crippen molar-refractivity contribution in [2.24, 2.45) is 0 Å². The third-order valence-electron chi connectivity index (χ3n) is 1.67. The fraction of sp³-hybridized carbons (Fsp3) is 0.222. The first kappa shape index (κ1) is 10.2. The van der Waals surface area contributed by atoms with Gasteiger partial charge in [-0.05, 0) is 6.07 Å². The number of benzene rings is 1. The van der Waals surface area contributed by atoms with Crippen LogP contribution in [0.4, 0.5) is 9.18 Å². The van der Waals surface area contributed by atoms with Crippen LogP contribution in [0.1, 0.15) is 5.56 Å². The normalized spacial score (nSPS) is 9.77. The van der Waals surface area contributed by atoms with E-state index in [9.17, 15) is 9.18 Å². The van der Waals surface area contributed by atoms with Gasteiger partial charge in [0.05, 0.1) is 0 Å². The van der Waals surface area contributed by atoms with Gasteiger partial charge in [-0.15, -0.1) is 0 Å². The maximum Gasteiger partial charge on any atom is 0.289 e. The first-order chi connectivity index (χ1) is 6.11. The van der Waals surface area contributed by atoms with Crippen molar-refractivity contribution < 1.29 is 9.18 Å². The fourth-order valence-electron chi connectivity index (χ4n) is 0.944. The first-order valence-electron chi connectivity index (χ1n) is 3.75. The van der Waals surface area contributed by atoms with Crippen LogP contribution in [0.15, 0.2) is 24.3 Å². The Hall–Kier alpha value is -0.900. The summed E-state index contributed by atoms with van der Waals surface area (Å²) in [6.45, 7) is 0.275. The molecule has 0 atom stereocenters. The summed E-state index contributed by atoms with van der Waals surface area (Å²) in [6, 6.07) is 6.39. The van der Waals surface area contributed by atoms with Crippen LogP contribution >= 0.6 is 15.9 Å². The average molecular weight is 246 g/mol. The van der Waals surface area contributed by atoms with Gasteiger partial charge in [0.15, 0.2) is 0 Å². The van der Waals surface area contributed by atoms with Gasteiger partial charge in [0.2, 0.25) is 0 Å². The van der Waals surface area contributed by atoms with Crippen molar-refractivity contribution in [1.82, 2.24) is 4.90 Å². The molecule has 0 saturated carbocycles. The lowest BCUT2D eigenvalue weighted by atomic mass is 10.2. The SMILES string of the molecule is CN(Cc1ccccc1F)C(=O)Br. The first-order valence-corrected chi connectivity index (χ1v) is 4.54. The van der Waals surface area contributed by atoms with Crippen molar-refractivity contribution in [3.05, 3.63) is 35.6 Å². The second-order valence-electron chi connectivity index (χ2n) is 2.70. The maximum atomic E-state index is 13.1. The number of amides is 1. The Morgan fingerprint density at radius 1 is 1.54 bits per heavy atom. The van der Waals surface area contributed by atoms with Crippen LogP contribution in [0.5, 0.6) is 0 Å². The summed E-state index contributed by atoms with van der Waals surface area (Å²) in [5, 5.41) is 0. The van der Waals surface area contributed by atoms with Crippen molar-refractivity contribution in [2.45, 2.75) is 6.54 Å². The lowest BCUT2D eigenvalue weighted by Crippen LogP contribution is -2.20. The highest BCUT2D eigenvalue weighted by atomic mass is 79.9. The summed E-state index contributed by atoms with van der Waals surface area (Å²) in [4.78, 5) is 11.9. The number of carbonyl (C=O) groups excluding carboxylic acids is 1. The van der Waals surface area contributed by atoms with Gasteiger partial charge >= 0.3 is 0 Å². The molecule has 1 amide bonds. The number of rotatable bonds is 2. The second-order valence-corrected chi connectivity index (χ2v) is 3.38. The van der Waals surface area contributed by atoms with Crippen molar-refractivity contribution >= 4 is 20.7 Å². The van der Waals surface area contributed by atoms with E-state index >= 15 is 0 Å². The zero-order chi connectivity index (χ0) is 9.84. The van der Waals surface area contributed by atoms with Gasteiger partial charge in [0, 0.05) is 35.1 Å². The molecule has 0 unspecified atom stereocenters. The molecule has 1 aromatic carbocycles. The standard InChI is InChI=1S/C9H9BrFNO/c1-12(9(10)13)6-7-4-2-3-5-8(7)11/h2-5H,6H2,1H3. The molecule has 0 bridgehead atoms. The zero-order valence-corrected chi connectivity index (χ0v) is 8.71. The fourth-order valence-corrected chi connectivity index (χ4v) is 1.07. The summed E-state index contributed by atoms with van der Waals surface area (Å²) in [7, 11) is 1.60. The van der Waals surface area contributed by atoms with Gasteiger partial charge in [0.25, 0.3) is 4.82 Å². The molecular weight excluding hydrogens is 237 g/mol. The largest absolute Gasteiger partial charge is 0.332 e. The molecule has 0 saturated heterocycles. The van der Waals surface area contributed by atoms with Gasteiger partial charge in [-0.1, -0.05) is 18.2 Å². The number of halogens is 2. The Kier molecular flexibility index (Phi) is 3.42. The molecule has 2 nitrogen and oxygen atoms in total. The maximum absolute atomic E-state index is 13.1. The zero-order valence-electron chi connectivity index (χ0n) is 7.13. The Labute approximate surface area is 84.5 Å². The van der Waals surface area contributed by atoms with E-state index in [4.69, 9.17) is 0 Å². The summed E-state index contributed by atoms with van der Waals surface area (Å²) < 4.78 is 13.1. The minimum atomic E-state index is -0.289. The van der Waals surface area contributed by atoms with Gasteiger partial charge in [-0.25, -0.2) is 4.39 Å². The highest BCUT2D eigenvalue weighted by Crippen LogP contribution is 2.10. The van der Waals surface area contributed by atoms with Gasteiger partial charge in [0.1, 0.15) is 5.82 Å². The monoisotopic (exact) mass is 245 g/mol. The number of hydrogen-bond donors (Lipinski definition) is 0. The minimum absolute atomic E-state index is 0.254. The minimum Gasteiger partial charge on any atom is -0.332 e. The lowest BCUT2D eigenvalue weighted by Gasteiger charge is -2.13. The second kappa shape index (κ2) is 4.37. The van der Waals surface area contributed by atoms with Crippen molar-refractivity contribution in [1.29, 1.82) is 0 Å². The topological polar surface area (TPSA) is 20.3 Å². The van der Waals surface area contributed by atoms with Crippen molar-refractivity contribution in [2.75, 3.05) is 7.05 Å². The third-order valence-corrected chi connectivity index (χ3v) is 2.27. The molecule has 0 fully saturated rings.